The Labute approximate surface area is 146 Å². The summed E-state index contributed by atoms with van der Waals surface area (Å²) in [6.45, 7) is 5.81. The molecule has 5 heteroatoms. The highest BCUT2D eigenvalue weighted by Crippen LogP contribution is 2.13. The lowest BCUT2D eigenvalue weighted by Crippen LogP contribution is -2.34. The van der Waals surface area contributed by atoms with Gasteiger partial charge >= 0.3 is 0 Å². The van der Waals surface area contributed by atoms with Gasteiger partial charge < -0.3 is 5.32 Å². The quantitative estimate of drug-likeness (QED) is 0.797. The van der Waals surface area contributed by atoms with Crippen LogP contribution in [0.5, 0.6) is 0 Å². The molecule has 3 rings (SSSR count). The van der Waals surface area contributed by atoms with E-state index in [9.17, 15) is 9.59 Å². The van der Waals surface area contributed by atoms with Crippen LogP contribution in [-0.2, 0) is 11.3 Å². The van der Waals surface area contributed by atoms with Crippen LogP contribution in [0.15, 0.2) is 53.6 Å². The normalized spacial score (nSPS) is 12.1. The summed E-state index contributed by atoms with van der Waals surface area (Å²) in [6.07, 6.45) is 1.44. The van der Waals surface area contributed by atoms with Crippen molar-refractivity contribution in [1.29, 1.82) is 0 Å². The van der Waals surface area contributed by atoms with Crippen molar-refractivity contribution in [2.45, 2.75) is 33.4 Å². The van der Waals surface area contributed by atoms with Crippen LogP contribution in [0.3, 0.4) is 0 Å². The van der Waals surface area contributed by atoms with Gasteiger partial charge in [-0.3, -0.25) is 14.2 Å². The third kappa shape index (κ3) is 3.60. The fraction of sp³-hybridized carbons (Fsp3) is 0.250. The predicted molar refractivity (Wildman–Crippen MR) is 98.5 cm³/mol. The van der Waals surface area contributed by atoms with Gasteiger partial charge in [0.25, 0.3) is 5.56 Å². The molecule has 1 aromatic heterocycles. The summed E-state index contributed by atoms with van der Waals surface area (Å²) in [5.41, 5.74) is 3.62. The van der Waals surface area contributed by atoms with Crippen molar-refractivity contribution in [2.75, 3.05) is 0 Å². The molecule has 0 aliphatic rings. The minimum Gasteiger partial charge on any atom is -0.348 e. The molecule has 0 radical (unpaired) electrons. The maximum Gasteiger partial charge on any atom is 0.261 e. The summed E-state index contributed by atoms with van der Waals surface area (Å²) >= 11 is 0. The first-order chi connectivity index (χ1) is 12.0. The molecular formula is C20H21N3O2. The van der Waals surface area contributed by atoms with E-state index in [1.54, 1.807) is 6.07 Å². The Balaban J connectivity index is 1.77. The fourth-order valence-electron chi connectivity index (χ4n) is 2.83. The van der Waals surface area contributed by atoms with Crippen molar-refractivity contribution in [3.8, 4) is 0 Å². The Morgan fingerprint density at radius 1 is 1.16 bits per heavy atom. The largest absolute Gasteiger partial charge is 0.348 e. The van der Waals surface area contributed by atoms with Crippen LogP contribution in [0.2, 0.25) is 0 Å². The Bertz CT molecular complexity index is 974. The lowest BCUT2D eigenvalue weighted by Gasteiger charge is -2.15. The lowest BCUT2D eigenvalue weighted by atomic mass is 10.1. The average molecular weight is 335 g/mol. The molecule has 1 atom stereocenters. The first-order valence-electron chi connectivity index (χ1n) is 8.26. The highest BCUT2D eigenvalue weighted by atomic mass is 16.2. The highest BCUT2D eigenvalue weighted by Gasteiger charge is 2.12. The molecule has 1 N–H and O–H groups in total. The SMILES string of the molecule is Cc1ccc(C(C)NC(=O)Cn2cnc3c(C)cccc3c2=O)cc1. The van der Waals surface area contributed by atoms with Crippen molar-refractivity contribution < 1.29 is 4.79 Å². The van der Waals surface area contributed by atoms with Gasteiger partial charge in [-0.2, -0.15) is 0 Å². The molecule has 128 valence electrons. The van der Waals surface area contributed by atoms with Crippen LogP contribution in [0.1, 0.15) is 29.7 Å². The topological polar surface area (TPSA) is 64.0 Å². The Morgan fingerprint density at radius 3 is 2.60 bits per heavy atom. The van der Waals surface area contributed by atoms with Crippen LogP contribution < -0.4 is 10.9 Å². The van der Waals surface area contributed by atoms with E-state index in [4.69, 9.17) is 0 Å². The Hall–Kier alpha value is -2.95. The van der Waals surface area contributed by atoms with Crippen molar-refractivity contribution >= 4 is 16.8 Å². The number of carbonyl (C=O) groups excluding carboxylic acids is 1. The van der Waals surface area contributed by atoms with Gasteiger partial charge in [0.1, 0.15) is 6.54 Å². The molecule has 1 unspecified atom stereocenters. The van der Waals surface area contributed by atoms with Gasteiger partial charge in [-0.25, -0.2) is 4.98 Å². The molecule has 0 bridgehead atoms. The number of para-hydroxylation sites is 1. The number of amides is 1. The van der Waals surface area contributed by atoms with E-state index in [0.717, 1.165) is 11.1 Å². The standard InChI is InChI=1S/C20H21N3O2/c1-13-7-9-16(10-8-13)15(3)22-18(24)11-23-12-21-19-14(2)5-4-6-17(19)20(23)25/h4-10,12,15H,11H2,1-3H3,(H,22,24). The molecule has 1 heterocycles. The number of nitrogens with one attached hydrogen (secondary N) is 1. The van der Waals surface area contributed by atoms with E-state index in [1.165, 1.54) is 16.5 Å². The van der Waals surface area contributed by atoms with Gasteiger partial charge in [-0.05, 0) is 38.0 Å². The number of fused-ring (bicyclic) bond motifs is 1. The zero-order valence-corrected chi connectivity index (χ0v) is 14.6. The van der Waals surface area contributed by atoms with Crippen LogP contribution in [-0.4, -0.2) is 15.5 Å². The van der Waals surface area contributed by atoms with E-state index in [0.29, 0.717) is 10.9 Å². The van der Waals surface area contributed by atoms with Gasteiger partial charge in [-0.15, -0.1) is 0 Å². The summed E-state index contributed by atoms with van der Waals surface area (Å²) in [7, 11) is 0. The third-order valence-corrected chi connectivity index (χ3v) is 4.32. The van der Waals surface area contributed by atoms with Gasteiger partial charge in [0.05, 0.1) is 23.3 Å². The first-order valence-corrected chi connectivity index (χ1v) is 8.26. The first kappa shape index (κ1) is 16.9. The van der Waals surface area contributed by atoms with Crippen LogP contribution in [0, 0.1) is 13.8 Å². The van der Waals surface area contributed by atoms with Crippen molar-refractivity contribution in [3.05, 3.63) is 75.8 Å². The number of hydrogen-bond acceptors (Lipinski definition) is 3. The maximum atomic E-state index is 12.6. The zero-order valence-electron chi connectivity index (χ0n) is 14.6. The fourth-order valence-corrected chi connectivity index (χ4v) is 2.83. The molecule has 5 nitrogen and oxygen atoms in total. The van der Waals surface area contributed by atoms with Crippen LogP contribution >= 0.6 is 0 Å². The molecule has 25 heavy (non-hydrogen) atoms. The molecule has 3 aromatic rings. The third-order valence-electron chi connectivity index (χ3n) is 4.32. The molecule has 1 amide bonds. The van der Waals surface area contributed by atoms with Gasteiger partial charge in [0.2, 0.25) is 5.91 Å². The summed E-state index contributed by atoms with van der Waals surface area (Å²) in [6, 6.07) is 13.4. The summed E-state index contributed by atoms with van der Waals surface area (Å²) in [4.78, 5) is 29.2. The second-order valence-electron chi connectivity index (χ2n) is 6.35. The number of nitrogens with zero attached hydrogens (tertiary/aromatic N) is 2. The molecule has 0 saturated heterocycles. The summed E-state index contributed by atoms with van der Waals surface area (Å²) < 4.78 is 1.35. The van der Waals surface area contributed by atoms with Gasteiger partial charge in [0, 0.05) is 0 Å². The monoisotopic (exact) mass is 335 g/mol. The molecule has 2 aromatic carbocycles. The average Bonchev–Trinajstić information content (AvgIpc) is 2.58. The van der Waals surface area contributed by atoms with Crippen molar-refractivity contribution in [3.63, 3.8) is 0 Å². The summed E-state index contributed by atoms with van der Waals surface area (Å²) in [5.74, 6) is -0.219. The zero-order chi connectivity index (χ0) is 18.0. The van der Waals surface area contributed by atoms with Gasteiger partial charge in [-0.1, -0.05) is 42.0 Å². The van der Waals surface area contributed by atoms with Crippen molar-refractivity contribution in [1.82, 2.24) is 14.9 Å². The second kappa shape index (κ2) is 6.89. The predicted octanol–water partition coefficient (Wildman–Crippen LogP) is 2.89. The van der Waals surface area contributed by atoms with E-state index in [-0.39, 0.29) is 24.1 Å². The minimum absolute atomic E-state index is 0.0497. The summed E-state index contributed by atoms with van der Waals surface area (Å²) in [5, 5.41) is 3.45. The lowest BCUT2D eigenvalue weighted by molar-refractivity contribution is -0.122. The molecule has 0 saturated carbocycles. The molecule has 0 fully saturated rings. The van der Waals surface area contributed by atoms with Crippen molar-refractivity contribution in [2.24, 2.45) is 0 Å². The van der Waals surface area contributed by atoms with Crippen LogP contribution in [0.4, 0.5) is 0 Å². The van der Waals surface area contributed by atoms with Gasteiger partial charge in [0.15, 0.2) is 0 Å². The van der Waals surface area contributed by atoms with Crippen LogP contribution in [0.25, 0.3) is 10.9 Å². The number of rotatable bonds is 4. The Morgan fingerprint density at radius 2 is 1.88 bits per heavy atom. The Kier molecular flexibility index (Phi) is 4.65. The molecule has 0 aliphatic heterocycles. The molecule has 0 spiro atoms. The number of carbonyl (C=O) groups is 1. The van der Waals surface area contributed by atoms with E-state index < -0.39 is 0 Å². The number of aromatic nitrogens is 2. The van der Waals surface area contributed by atoms with E-state index >= 15 is 0 Å². The van der Waals surface area contributed by atoms with E-state index in [1.807, 2.05) is 57.2 Å². The second-order valence-corrected chi connectivity index (χ2v) is 6.35. The smallest absolute Gasteiger partial charge is 0.261 e. The minimum atomic E-state index is -0.219. The number of aryl methyl sites for hydroxylation is 2. The number of hydrogen-bond donors (Lipinski definition) is 1. The van der Waals surface area contributed by atoms with E-state index in [2.05, 4.69) is 10.3 Å². The maximum absolute atomic E-state index is 12.6. The molecular weight excluding hydrogens is 314 g/mol. The molecule has 0 aliphatic carbocycles. The number of benzene rings is 2. The highest BCUT2D eigenvalue weighted by molar-refractivity contribution is 5.81.